The van der Waals surface area contributed by atoms with Gasteiger partial charge in [-0.1, -0.05) is 25.5 Å². The number of nitrogens with zero attached hydrogens (tertiary/aromatic N) is 1. The fourth-order valence-electron chi connectivity index (χ4n) is 2.96. The van der Waals surface area contributed by atoms with Gasteiger partial charge in [-0.2, -0.15) is 0 Å². The number of hydrogen-bond donors (Lipinski definition) is 1. The van der Waals surface area contributed by atoms with Crippen molar-refractivity contribution >= 4 is 11.3 Å². The number of rotatable bonds is 5. The quantitative estimate of drug-likeness (QED) is 0.807. The Kier molecular flexibility index (Phi) is 4.95. The maximum atomic E-state index is 4.43. The zero-order chi connectivity index (χ0) is 13.0. The van der Waals surface area contributed by atoms with Crippen molar-refractivity contribution in [3.8, 4) is 0 Å². The Hall–Kier alpha value is -0.670. The lowest BCUT2D eigenvalue weighted by Gasteiger charge is -2.27. The summed E-state index contributed by atoms with van der Waals surface area (Å²) in [5, 5.41) is 7.00. The highest BCUT2D eigenvalue weighted by molar-refractivity contribution is 7.09. The van der Waals surface area contributed by atoms with E-state index in [9.17, 15) is 0 Å². The average Bonchev–Trinajstić information content (AvgIpc) is 2.82. The van der Waals surface area contributed by atoms with Crippen molar-refractivity contribution < 1.29 is 0 Å². The van der Waals surface area contributed by atoms with Crippen LogP contribution in [0.1, 0.15) is 51.1 Å². The van der Waals surface area contributed by atoms with Crippen molar-refractivity contribution in [3.63, 3.8) is 0 Å². The summed E-state index contributed by atoms with van der Waals surface area (Å²) in [6.07, 6.45) is 8.02. The smallest absolute Gasteiger partial charge is 0.109 e. The molecule has 3 atom stereocenters. The standard InChI is InChI=1S/C15H24N2S/c1-4-14(15-16-5-6-18-15)17-10-13-8-11(2)7-12(3)9-13/h5-7,11,13-14,17H,4,8-10H2,1-3H3. The molecular weight excluding hydrogens is 240 g/mol. The van der Waals surface area contributed by atoms with Gasteiger partial charge in [-0.15, -0.1) is 11.3 Å². The lowest BCUT2D eigenvalue weighted by atomic mass is 9.83. The summed E-state index contributed by atoms with van der Waals surface area (Å²) in [5.41, 5.74) is 1.56. The molecule has 3 unspecified atom stereocenters. The van der Waals surface area contributed by atoms with Gasteiger partial charge in [0, 0.05) is 11.6 Å². The summed E-state index contributed by atoms with van der Waals surface area (Å²) in [4.78, 5) is 4.43. The molecule has 18 heavy (non-hydrogen) atoms. The molecule has 0 aliphatic heterocycles. The van der Waals surface area contributed by atoms with Crippen LogP contribution in [0.2, 0.25) is 0 Å². The van der Waals surface area contributed by atoms with Crippen LogP contribution in [0.3, 0.4) is 0 Å². The molecule has 0 aromatic carbocycles. The molecule has 0 radical (unpaired) electrons. The number of nitrogens with one attached hydrogen (secondary N) is 1. The van der Waals surface area contributed by atoms with Gasteiger partial charge in [0.1, 0.15) is 5.01 Å². The minimum Gasteiger partial charge on any atom is -0.308 e. The van der Waals surface area contributed by atoms with Gasteiger partial charge >= 0.3 is 0 Å². The second kappa shape index (κ2) is 6.48. The minimum atomic E-state index is 0.437. The molecule has 1 aliphatic rings. The summed E-state index contributed by atoms with van der Waals surface area (Å²) in [6, 6.07) is 0.437. The van der Waals surface area contributed by atoms with E-state index in [1.54, 1.807) is 16.9 Å². The van der Waals surface area contributed by atoms with Crippen LogP contribution >= 0.6 is 11.3 Å². The zero-order valence-electron chi connectivity index (χ0n) is 11.6. The molecule has 1 aliphatic carbocycles. The molecule has 0 amide bonds. The Labute approximate surface area is 115 Å². The van der Waals surface area contributed by atoms with Crippen LogP contribution in [0.15, 0.2) is 23.2 Å². The molecule has 1 heterocycles. The second-order valence-electron chi connectivity index (χ2n) is 5.54. The van der Waals surface area contributed by atoms with Crippen molar-refractivity contribution in [1.29, 1.82) is 0 Å². The molecular formula is C15H24N2S. The van der Waals surface area contributed by atoms with Crippen LogP contribution < -0.4 is 5.32 Å². The lowest BCUT2D eigenvalue weighted by Crippen LogP contribution is -2.29. The monoisotopic (exact) mass is 264 g/mol. The molecule has 1 aromatic rings. The summed E-state index contributed by atoms with van der Waals surface area (Å²) >= 11 is 1.76. The largest absolute Gasteiger partial charge is 0.308 e. The van der Waals surface area contributed by atoms with Gasteiger partial charge in [0.05, 0.1) is 6.04 Å². The van der Waals surface area contributed by atoms with E-state index >= 15 is 0 Å². The molecule has 0 spiro atoms. The van der Waals surface area contributed by atoms with E-state index in [-0.39, 0.29) is 0 Å². The van der Waals surface area contributed by atoms with E-state index in [1.807, 2.05) is 6.20 Å². The van der Waals surface area contributed by atoms with Crippen molar-refractivity contribution in [2.45, 2.75) is 46.1 Å². The summed E-state index contributed by atoms with van der Waals surface area (Å²) in [5.74, 6) is 1.53. The number of allylic oxidation sites excluding steroid dienone is 2. The van der Waals surface area contributed by atoms with E-state index in [0.29, 0.717) is 6.04 Å². The molecule has 2 rings (SSSR count). The Morgan fingerprint density at radius 1 is 1.56 bits per heavy atom. The zero-order valence-corrected chi connectivity index (χ0v) is 12.5. The van der Waals surface area contributed by atoms with Gasteiger partial charge < -0.3 is 5.32 Å². The first-order valence-electron chi connectivity index (χ1n) is 6.99. The number of thiazole rings is 1. The number of aromatic nitrogens is 1. The third-order valence-electron chi connectivity index (χ3n) is 3.70. The summed E-state index contributed by atoms with van der Waals surface area (Å²) < 4.78 is 0. The van der Waals surface area contributed by atoms with Crippen molar-refractivity contribution in [2.75, 3.05) is 6.54 Å². The minimum absolute atomic E-state index is 0.437. The fourth-order valence-corrected chi connectivity index (χ4v) is 3.76. The van der Waals surface area contributed by atoms with E-state index in [2.05, 4.69) is 42.5 Å². The van der Waals surface area contributed by atoms with Gasteiger partial charge in [-0.05, 0) is 44.6 Å². The molecule has 0 saturated carbocycles. The van der Waals surface area contributed by atoms with Crippen LogP contribution in [0.4, 0.5) is 0 Å². The van der Waals surface area contributed by atoms with E-state index in [4.69, 9.17) is 0 Å². The van der Waals surface area contributed by atoms with Gasteiger partial charge in [0.2, 0.25) is 0 Å². The first-order chi connectivity index (χ1) is 8.69. The summed E-state index contributed by atoms with van der Waals surface area (Å²) in [6.45, 7) is 7.94. The molecule has 0 saturated heterocycles. The van der Waals surface area contributed by atoms with Crippen LogP contribution in [-0.2, 0) is 0 Å². The van der Waals surface area contributed by atoms with E-state index in [1.165, 1.54) is 17.8 Å². The van der Waals surface area contributed by atoms with Gasteiger partial charge in [0.15, 0.2) is 0 Å². The topological polar surface area (TPSA) is 24.9 Å². The van der Waals surface area contributed by atoms with Crippen molar-refractivity contribution in [3.05, 3.63) is 28.2 Å². The number of hydrogen-bond acceptors (Lipinski definition) is 3. The maximum absolute atomic E-state index is 4.43. The molecule has 1 aromatic heterocycles. The normalized spacial score (nSPS) is 25.8. The van der Waals surface area contributed by atoms with Gasteiger partial charge in [-0.25, -0.2) is 4.98 Å². The van der Waals surface area contributed by atoms with Crippen molar-refractivity contribution in [2.24, 2.45) is 11.8 Å². The maximum Gasteiger partial charge on any atom is 0.109 e. The van der Waals surface area contributed by atoms with E-state index < -0.39 is 0 Å². The average molecular weight is 264 g/mol. The Morgan fingerprint density at radius 3 is 3.00 bits per heavy atom. The highest BCUT2D eigenvalue weighted by Gasteiger charge is 2.19. The fraction of sp³-hybridized carbons (Fsp3) is 0.667. The molecule has 0 bridgehead atoms. The van der Waals surface area contributed by atoms with Crippen LogP contribution in [0, 0.1) is 11.8 Å². The Balaban J connectivity index is 1.85. The van der Waals surface area contributed by atoms with Gasteiger partial charge in [-0.3, -0.25) is 0 Å². The third kappa shape index (κ3) is 3.66. The molecule has 3 heteroatoms. The highest BCUT2D eigenvalue weighted by Crippen LogP contribution is 2.28. The first kappa shape index (κ1) is 13.8. The van der Waals surface area contributed by atoms with Crippen LogP contribution in [0.5, 0.6) is 0 Å². The SMILES string of the molecule is CCC(NCC1CC(C)=CC(C)C1)c1nccs1. The predicted octanol–water partition coefficient (Wildman–Crippen LogP) is 4.18. The Bertz CT molecular complexity index is 383. The molecule has 1 N–H and O–H groups in total. The van der Waals surface area contributed by atoms with Crippen LogP contribution in [0.25, 0.3) is 0 Å². The molecule has 0 fully saturated rings. The van der Waals surface area contributed by atoms with E-state index in [0.717, 1.165) is 24.8 Å². The predicted molar refractivity (Wildman–Crippen MR) is 78.8 cm³/mol. The second-order valence-corrected chi connectivity index (χ2v) is 6.46. The Morgan fingerprint density at radius 2 is 2.39 bits per heavy atom. The van der Waals surface area contributed by atoms with Gasteiger partial charge in [0.25, 0.3) is 0 Å². The summed E-state index contributed by atoms with van der Waals surface area (Å²) in [7, 11) is 0. The van der Waals surface area contributed by atoms with Crippen LogP contribution in [-0.4, -0.2) is 11.5 Å². The lowest BCUT2D eigenvalue weighted by molar-refractivity contribution is 0.358. The molecule has 2 nitrogen and oxygen atoms in total. The highest BCUT2D eigenvalue weighted by atomic mass is 32.1. The van der Waals surface area contributed by atoms with Crippen molar-refractivity contribution in [1.82, 2.24) is 10.3 Å². The third-order valence-corrected chi connectivity index (χ3v) is 4.58. The molecule has 100 valence electrons. The first-order valence-corrected chi connectivity index (χ1v) is 7.87.